The van der Waals surface area contributed by atoms with E-state index in [0.29, 0.717) is 15.9 Å². The zero-order valence-electron chi connectivity index (χ0n) is 10.9. The maximum Gasteiger partial charge on any atom is 0.230 e. The number of hydrogen-bond acceptors (Lipinski definition) is 2. The molecule has 0 atom stereocenters. The molecule has 4 nitrogen and oxygen atoms in total. The summed E-state index contributed by atoms with van der Waals surface area (Å²) in [6, 6.07) is 12.7. The average Bonchev–Trinajstić information content (AvgIpc) is 2.85. The summed E-state index contributed by atoms with van der Waals surface area (Å²) in [5.74, 6) is 0.331. The molecule has 6 heteroatoms. The van der Waals surface area contributed by atoms with E-state index < -0.39 is 0 Å². The fourth-order valence-electron chi connectivity index (χ4n) is 2.07. The van der Waals surface area contributed by atoms with Gasteiger partial charge in [0.1, 0.15) is 0 Å². The van der Waals surface area contributed by atoms with Crippen molar-refractivity contribution in [2.75, 3.05) is 5.32 Å². The van der Waals surface area contributed by atoms with Crippen molar-refractivity contribution in [3.05, 3.63) is 58.1 Å². The molecular formula is C15H11Cl2N3O. The van der Waals surface area contributed by atoms with E-state index in [4.69, 9.17) is 23.2 Å². The molecule has 0 aliphatic carbocycles. The molecule has 3 rings (SSSR count). The van der Waals surface area contributed by atoms with Gasteiger partial charge < -0.3 is 5.32 Å². The predicted molar refractivity (Wildman–Crippen MR) is 84.9 cm³/mol. The quantitative estimate of drug-likeness (QED) is 0.765. The number of aromatic nitrogens is 2. The Kier molecular flexibility index (Phi) is 3.82. The topological polar surface area (TPSA) is 57.8 Å². The van der Waals surface area contributed by atoms with E-state index in [9.17, 15) is 4.79 Å². The lowest BCUT2D eigenvalue weighted by Crippen LogP contribution is -2.15. The number of amides is 1. The summed E-state index contributed by atoms with van der Waals surface area (Å²) in [6.07, 6.45) is 0.164. The van der Waals surface area contributed by atoms with Crippen LogP contribution in [0.25, 0.3) is 10.9 Å². The average molecular weight is 320 g/mol. The lowest BCUT2D eigenvalue weighted by Gasteiger charge is -2.05. The second-order valence-corrected chi connectivity index (χ2v) is 5.42. The van der Waals surface area contributed by atoms with Crippen LogP contribution >= 0.6 is 23.2 Å². The molecule has 0 unspecified atom stereocenters. The standard InChI is InChI=1S/C15H11Cl2N3O/c16-10-6-5-9(12(17)8-10)7-14(21)18-15-11-3-1-2-4-13(11)19-20-15/h1-6,8H,7H2,(H2,18,19,20,21). The highest BCUT2D eigenvalue weighted by atomic mass is 35.5. The summed E-state index contributed by atoms with van der Waals surface area (Å²) in [5, 5.41) is 11.6. The SMILES string of the molecule is O=C(Cc1ccc(Cl)cc1Cl)Nc1n[nH]c2ccccc12. The first kappa shape index (κ1) is 13.9. The first-order valence-corrected chi connectivity index (χ1v) is 7.06. The molecule has 0 saturated heterocycles. The number of para-hydroxylation sites is 1. The minimum Gasteiger partial charge on any atom is -0.308 e. The second-order valence-electron chi connectivity index (χ2n) is 4.58. The number of fused-ring (bicyclic) bond motifs is 1. The number of hydrogen-bond donors (Lipinski definition) is 2. The molecule has 0 bridgehead atoms. The van der Waals surface area contributed by atoms with Crippen LogP contribution in [0.2, 0.25) is 10.0 Å². The summed E-state index contributed by atoms with van der Waals surface area (Å²) in [4.78, 5) is 12.1. The van der Waals surface area contributed by atoms with Gasteiger partial charge in [-0.2, -0.15) is 5.10 Å². The zero-order valence-corrected chi connectivity index (χ0v) is 12.4. The van der Waals surface area contributed by atoms with Crippen LogP contribution in [-0.2, 0) is 11.2 Å². The van der Waals surface area contributed by atoms with Crippen LogP contribution in [0.4, 0.5) is 5.82 Å². The molecule has 2 N–H and O–H groups in total. The van der Waals surface area contributed by atoms with Crippen molar-refractivity contribution in [2.24, 2.45) is 0 Å². The van der Waals surface area contributed by atoms with E-state index in [1.807, 2.05) is 24.3 Å². The van der Waals surface area contributed by atoms with Gasteiger partial charge in [0.25, 0.3) is 0 Å². The Balaban J connectivity index is 1.77. The Labute approximate surface area is 131 Å². The summed E-state index contributed by atoms with van der Waals surface area (Å²) < 4.78 is 0. The van der Waals surface area contributed by atoms with Crippen molar-refractivity contribution in [2.45, 2.75) is 6.42 Å². The van der Waals surface area contributed by atoms with Crippen molar-refractivity contribution in [1.29, 1.82) is 0 Å². The normalized spacial score (nSPS) is 10.8. The van der Waals surface area contributed by atoms with Gasteiger partial charge in [-0.25, -0.2) is 0 Å². The maximum absolute atomic E-state index is 12.1. The molecule has 0 radical (unpaired) electrons. The Morgan fingerprint density at radius 1 is 1.19 bits per heavy atom. The van der Waals surface area contributed by atoms with Gasteiger partial charge in [0.05, 0.1) is 11.9 Å². The number of carbonyl (C=O) groups excluding carboxylic acids is 1. The van der Waals surface area contributed by atoms with Gasteiger partial charge in [-0.15, -0.1) is 0 Å². The van der Waals surface area contributed by atoms with Crippen molar-refractivity contribution in [3.63, 3.8) is 0 Å². The largest absolute Gasteiger partial charge is 0.308 e. The van der Waals surface area contributed by atoms with Gasteiger partial charge in [-0.05, 0) is 29.8 Å². The lowest BCUT2D eigenvalue weighted by molar-refractivity contribution is -0.115. The molecule has 1 aromatic heterocycles. The van der Waals surface area contributed by atoms with Crippen molar-refractivity contribution in [3.8, 4) is 0 Å². The van der Waals surface area contributed by atoms with Crippen LogP contribution in [-0.4, -0.2) is 16.1 Å². The van der Waals surface area contributed by atoms with Crippen LogP contribution in [0.3, 0.4) is 0 Å². The number of halogens is 2. The molecule has 21 heavy (non-hydrogen) atoms. The number of nitrogens with one attached hydrogen (secondary N) is 2. The molecule has 0 fully saturated rings. The minimum atomic E-state index is -0.184. The third kappa shape index (κ3) is 3.01. The van der Waals surface area contributed by atoms with Gasteiger partial charge in [-0.3, -0.25) is 9.89 Å². The zero-order chi connectivity index (χ0) is 14.8. The number of carbonyl (C=O) groups is 1. The molecule has 1 heterocycles. The molecule has 0 saturated carbocycles. The van der Waals surface area contributed by atoms with E-state index in [2.05, 4.69) is 15.5 Å². The van der Waals surface area contributed by atoms with E-state index >= 15 is 0 Å². The van der Waals surface area contributed by atoms with Crippen molar-refractivity contribution < 1.29 is 4.79 Å². The smallest absolute Gasteiger partial charge is 0.230 e. The number of nitrogens with zero attached hydrogens (tertiary/aromatic N) is 1. The fraction of sp³-hybridized carbons (Fsp3) is 0.0667. The van der Waals surface area contributed by atoms with E-state index in [1.165, 1.54) is 0 Å². The Morgan fingerprint density at radius 3 is 2.81 bits per heavy atom. The van der Waals surface area contributed by atoms with Gasteiger partial charge >= 0.3 is 0 Å². The van der Waals surface area contributed by atoms with Gasteiger partial charge in [0.2, 0.25) is 5.91 Å². The van der Waals surface area contributed by atoms with Gasteiger partial charge in [0.15, 0.2) is 5.82 Å². The first-order chi connectivity index (χ1) is 10.1. The van der Waals surface area contributed by atoms with Crippen LogP contribution < -0.4 is 5.32 Å². The summed E-state index contributed by atoms with van der Waals surface area (Å²) in [7, 11) is 0. The van der Waals surface area contributed by atoms with Crippen LogP contribution in [0.1, 0.15) is 5.56 Å². The van der Waals surface area contributed by atoms with E-state index in [1.54, 1.807) is 18.2 Å². The lowest BCUT2D eigenvalue weighted by atomic mass is 10.1. The van der Waals surface area contributed by atoms with Crippen molar-refractivity contribution >= 4 is 45.8 Å². The molecule has 2 aromatic carbocycles. The highest BCUT2D eigenvalue weighted by Gasteiger charge is 2.11. The molecule has 1 amide bonds. The van der Waals surface area contributed by atoms with Crippen LogP contribution in [0.15, 0.2) is 42.5 Å². The second kappa shape index (κ2) is 5.76. The van der Waals surface area contributed by atoms with Crippen LogP contribution in [0.5, 0.6) is 0 Å². The predicted octanol–water partition coefficient (Wildman–Crippen LogP) is 4.05. The highest BCUT2D eigenvalue weighted by Crippen LogP contribution is 2.23. The number of anilines is 1. The first-order valence-electron chi connectivity index (χ1n) is 6.30. The molecule has 106 valence electrons. The molecular weight excluding hydrogens is 309 g/mol. The number of aromatic amines is 1. The van der Waals surface area contributed by atoms with E-state index in [0.717, 1.165) is 16.5 Å². The Bertz CT molecular complexity index is 814. The molecule has 3 aromatic rings. The molecule has 0 aliphatic rings. The third-order valence-electron chi connectivity index (χ3n) is 3.09. The summed E-state index contributed by atoms with van der Waals surface area (Å²) in [5.41, 5.74) is 1.59. The maximum atomic E-state index is 12.1. The Hall–Kier alpha value is -2.04. The Morgan fingerprint density at radius 2 is 2.00 bits per heavy atom. The van der Waals surface area contributed by atoms with Gasteiger partial charge in [-0.1, -0.05) is 41.4 Å². The molecule has 0 aliphatic heterocycles. The molecule has 0 spiro atoms. The fourth-order valence-corrected chi connectivity index (χ4v) is 2.55. The number of H-pyrrole nitrogens is 1. The highest BCUT2D eigenvalue weighted by molar-refractivity contribution is 6.35. The van der Waals surface area contributed by atoms with E-state index in [-0.39, 0.29) is 12.3 Å². The third-order valence-corrected chi connectivity index (χ3v) is 3.68. The number of benzene rings is 2. The van der Waals surface area contributed by atoms with Crippen LogP contribution in [0, 0.1) is 0 Å². The summed E-state index contributed by atoms with van der Waals surface area (Å²) in [6.45, 7) is 0. The summed E-state index contributed by atoms with van der Waals surface area (Å²) >= 11 is 11.9. The number of rotatable bonds is 3. The minimum absolute atomic E-state index is 0.164. The monoisotopic (exact) mass is 319 g/mol. The van der Waals surface area contributed by atoms with Gasteiger partial charge in [0, 0.05) is 15.4 Å². The van der Waals surface area contributed by atoms with Crippen molar-refractivity contribution in [1.82, 2.24) is 10.2 Å².